The molecule has 0 unspecified atom stereocenters. The van der Waals surface area contributed by atoms with Crippen LogP contribution in [0.4, 0.5) is 0 Å². The van der Waals surface area contributed by atoms with Crippen LogP contribution in [0.2, 0.25) is 0 Å². The highest BCUT2D eigenvalue weighted by Crippen LogP contribution is 2.22. The van der Waals surface area contributed by atoms with Gasteiger partial charge >= 0.3 is 5.97 Å². The van der Waals surface area contributed by atoms with Crippen molar-refractivity contribution in [1.29, 1.82) is 0 Å². The SMILES string of the molecule is COc1ccc(CNC(=O)[C@H](C)OC(=O)CN2C(=O)c3ccccc3C2=O)cc1. The zero-order valence-corrected chi connectivity index (χ0v) is 16.0. The Hall–Kier alpha value is -3.68. The van der Waals surface area contributed by atoms with E-state index in [2.05, 4.69) is 5.32 Å². The van der Waals surface area contributed by atoms with Crippen LogP contribution in [0, 0.1) is 0 Å². The number of methoxy groups -OCH3 is 1. The molecule has 2 aromatic carbocycles. The van der Waals surface area contributed by atoms with Crippen molar-refractivity contribution in [2.24, 2.45) is 0 Å². The van der Waals surface area contributed by atoms with Crippen molar-refractivity contribution >= 4 is 23.7 Å². The van der Waals surface area contributed by atoms with Crippen LogP contribution in [0.5, 0.6) is 5.75 Å². The molecule has 0 radical (unpaired) electrons. The first-order valence-corrected chi connectivity index (χ1v) is 8.96. The zero-order chi connectivity index (χ0) is 21.0. The van der Waals surface area contributed by atoms with Gasteiger partial charge in [-0.15, -0.1) is 0 Å². The molecule has 1 aliphatic heterocycles. The predicted octanol–water partition coefficient (Wildman–Crippen LogP) is 1.54. The van der Waals surface area contributed by atoms with Crippen molar-refractivity contribution in [3.05, 3.63) is 65.2 Å². The summed E-state index contributed by atoms with van der Waals surface area (Å²) in [7, 11) is 1.56. The van der Waals surface area contributed by atoms with Crippen molar-refractivity contribution in [3.63, 3.8) is 0 Å². The molecule has 1 N–H and O–H groups in total. The van der Waals surface area contributed by atoms with Gasteiger partial charge in [0.05, 0.1) is 18.2 Å². The molecule has 0 bridgehead atoms. The van der Waals surface area contributed by atoms with Crippen molar-refractivity contribution in [3.8, 4) is 5.75 Å². The number of esters is 1. The molecule has 3 amide bonds. The van der Waals surface area contributed by atoms with Crippen molar-refractivity contribution < 1.29 is 28.7 Å². The number of nitrogens with one attached hydrogen (secondary N) is 1. The summed E-state index contributed by atoms with van der Waals surface area (Å²) < 4.78 is 10.1. The van der Waals surface area contributed by atoms with E-state index in [-0.39, 0.29) is 17.7 Å². The molecule has 1 heterocycles. The fourth-order valence-corrected chi connectivity index (χ4v) is 2.88. The molecular formula is C21H20N2O6. The van der Waals surface area contributed by atoms with Gasteiger partial charge in [0.1, 0.15) is 12.3 Å². The average Bonchev–Trinajstić information content (AvgIpc) is 2.97. The van der Waals surface area contributed by atoms with Gasteiger partial charge in [0, 0.05) is 6.54 Å². The van der Waals surface area contributed by atoms with Crippen molar-refractivity contribution in [2.75, 3.05) is 13.7 Å². The number of imide groups is 1. The Kier molecular flexibility index (Phi) is 5.92. The Balaban J connectivity index is 1.50. The number of hydrogen-bond acceptors (Lipinski definition) is 6. The van der Waals surface area contributed by atoms with Gasteiger partial charge in [-0.05, 0) is 36.8 Å². The number of ether oxygens (including phenoxy) is 2. The fraction of sp³-hybridized carbons (Fsp3) is 0.238. The molecule has 8 nitrogen and oxygen atoms in total. The Labute approximate surface area is 167 Å². The Morgan fingerprint density at radius 2 is 1.59 bits per heavy atom. The molecule has 2 aromatic rings. The van der Waals surface area contributed by atoms with Gasteiger partial charge in [-0.2, -0.15) is 0 Å². The monoisotopic (exact) mass is 396 g/mol. The van der Waals surface area contributed by atoms with E-state index in [0.29, 0.717) is 5.75 Å². The number of hydrogen-bond donors (Lipinski definition) is 1. The predicted molar refractivity (Wildman–Crippen MR) is 102 cm³/mol. The second kappa shape index (κ2) is 8.55. The molecule has 0 saturated carbocycles. The van der Waals surface area contributed by atoms with Gasteiger partial charge in [0.15, 0.2) is 6.10 Å². The van der Waals surface area contributed by atoms with Gasteiger partial charge in [-0.3, -0.25) is 24.1 Å². The van der Waals surface area contributed by atoms with Gasteiger partial charge in [0.2, 0.25) is 0 Å². The van der Waals surface area contributed by atoms with Gasteiger partial charge in [-0.1, -0.05) is 24.3 Å². The largest absolute Gasteiger partial charge is 0.497 e. The van der Waals surface area contributed by atoms with Crippen LogP contribution in [0.25, 0.3) is 0 Å². The Morgan fingerprint density at radius 3 is 2.14 bits per heavy atom. The summed E-state index contributed by atoms with van der Waals surface area (Å²) in [6.07, 6.45) is -1.07. The van der Waals surface area contributed by atoms with Crippen molar-refractivity contribution in [1.82, 2.24) is 10.2 Å². The fourth-order valence-electron chi connectivity index (χ4n) is 2.88. The molecule has 0 saturated heterocycles. The Bertz CT molecular complexity index is 919. The summed E-state index contributed by atoms with van der Waals surface area (Å²) in [6.45, 7) is 1.12. The molecule has 29 heavy (non-hydrogen) atoms. The second-order valence-corrected chi connectivity index (χ2v) is 6.44. The highest BCUT2D eigenvalue weighted by Gasteiger charge is 2.37. The van der Waals surface area contributed by atoms with E-state index in [1.165, 1.54) is 19.1 Å². The lowest BCUT2D eigenvalue weighted by Crippen LogP contribution is -2.40. The lowest BCUT2D eigenvalue weighted by molar-refractivity contribution is -0.155. The van der Waals surface area contributed by atoms with Crippen LogP contribution in [0.3, 0.4) is 0 Å². The van der Waals surface area contributed by atoms with Crippen LogP contribution in [0.15, 0.2) is 48.5 Å². The molecule has 8 heteroatoms. The number of carbonyl (C=O) groups excluding carboxylic acids is 4. The molecule has 0 aromatic heterocycles. The van der Waals surface area contributed by atoms with E-state index < -0.39 is 36.3 Å². The van der Waals surface area contributed by atoms with Crippen LogP contribution in [-0.2, 0) is 20.9 Å². The minimum atomic E-state index is -1.07. The highest BCUT2D eigenvalue weighted by atomic mass is 16.5. The van der Waals surface area contributed by atoms with E-state index in [1.807, 2.05) is 0 Å². The Morgan fingerprint density at radius 1 is 1.00 bits per heavy atom. The number of amides is 3. The minimum Gasteiger partial charge on any atom is -0.497 e. The van der Waals surface area contributed by atoms with Crippen LogP contribution in [-0.4, -0.2) is 48.3 Å². The summed E-state index contributed by atoms with van der Waals surface area (Å²) in [4.78, 5) is 49.7. The number of fused-ring (bicyclic) bond motifs is 1. The normalized spacial score (nSPS) is 13.7. The van der Waals surface area contributed by atoms with Crippen molar-refractivity contribution in [2.45, 2.75) is 19.6 Å². The summed E-state index contributed by atoms with van der Waals surface area (Å²) in [6, 6.07) is 13.5. The van der Waals surface area contributed by atoms with Gasteiger partial charge in [0.25, 0.3) is 17.7 Å². The number of nitrogens with zero attached hydrogens (tertiary/aromatic N) is 1. The highest BCUT2D eigenvalue weighted by molar-refractivity contribution is 6.22. The summed E-state index contributed by atoms with van der Waals surface area (Å²) in [5.74, 6) is -1.74. The summed E-state index contributed by atoms with van der Waals surface area (Å²) in [5, 5.41) is 2.66. The molecule has 0 aliphatic carbocycles. The topological polar surface area (TPSA) is 102 Å². The lowest BCUT2D eigenvalue weighted by Gasteiger charge is -2.16. The van der Waals surface area contributed by atoms with Crippen LogP contribution < -0.4 is 10.1 Å². The molecule has 1 atom stereocenters. The summed E-state index contributed by atoms with van der Waals surface area (Å²) >= 11 is 0. The molecule has 3 rings (SSSR count). The van der Waals surface area contributed by atoms with E-state index in [0.717, 1.165) is 10.5 Å². The quantitative estimate of drug-likeness (QED) is 0.563. The van der Waals surface area contributed by atoms with E-state index >= 15 is 0 Å². The van der Waals surface area contributed by atoms with E-state index in [1.54, 1.807) is 43.5 Å². The van der Waals surface area contributed by atoms with Gasteiger partial charge < -0.3 is 14.8 Å². The lowest BCUT2D eigenvalue weighted by atomic mass is 10.1. The maximum atomic E-state index is 12.3. The molecule has 1 aliphatic rings. The first-order chi connectivity index (χ1) is 13.9. The zero-order valence-electron chi connectivity index (χ0n) is 16.0. The molecular weight excluding hydrogens is 376 g/mol. The maximum Gasteiger partial charge on any atom is 0.326 e. The standard InChI is InChI=1S/C21H20N2O6/c1-13(19(25)22-11-14-7-9-15(28-2)10-8-14)29-18(24)12-23-20(26)16-5-3-4-6-17(16)21(23)27/h3-10,13H,11-12H2,1-2H3,(H,22,25)/t13-/m0/s1. The minimum absolute atomic E-state index is 0.246. The number of carbonyl (C=O) groups is 4. The third kappa shape index (κ3) is 4.43. The first kappa shape index (κ1) is 20.1. The van der Waals surface area contributed by atoms with Crippen LogP contribution in [0.1, 0.15) is 33.2 Å². The van der Waals surface area contributed by atoms with E-state index in [4.69, 9.17) is 9.47 Å². The number of benzene rings is 2. The third-order valence-corrected chi connectivity index (χ3v) is 4.47. The molecule has 0 fully saturated rings. The first-order valence-electron chi connectivity index (χ1n) is 8.96. The molecule has 0 spiro atoms. The second-order valence-electron chi connectivity index (χ2n) is 6.44. The number of rotatable bonds is 7. The van der Waals surface area contributed by atoms with Crippen LogP contribution >= 0.6 is 0 Å². The van der Waals surface area contributed by atoms with E-state index in [9.17, 15) is 19.2 Å². The molecule has 150 valence electrons. The maximum absolute atomic E-state index is 12.3. The third-order valence-electron chi connectivity index (χ3n) is 4.47. The van der Waals surface area contributed by atoms with Gasteiger partial charge in [-0.25, -0.2) is 0 Å². The smallest absolute Gasteiger partial charge is 0.326 e. The summed E-state index contributed by atoms with van der Waals surface area (Å²) in [5.41, 5.74) is 1.34. The average molecular weight is 396 g/mol.